The Balaban J connectivity index is 1.27. The van der Waals surface area contributed by atoms with Crippen molar-refractivity contribution < 1.29 is 28.8 Å². The molecule has 6 rings (SSSR count). The zero-order chi connectivity index (χ0) is 29.0. The van der Waals surface area contributed by atoms with Crippen LogP contribution in [0.5, 0.6) is 0 Å². The monoisotopic (exact) mass is 542 g/mol. The molecule has 0 atom stereocenters. The number of hydrogen-bond donors (Lipinski definition) is 2. The lowest BCUT2D eigenvalue weighted by Crippen LogP contribution is -2.28. The van der Waals surface area contributed by atoms with Crippen LogP contribution in [0, 0.1) is 13.8 Å². The molecule has 2 N–H and O–H groups in total. The third-order valence-electron chi connectivity index (χ3n) is 7.45. The Labute approximate surface area is 234 Å². The number of amides is 2. The van der Waals surface area contributed by atoms with Gasteiger partial charge in [-0.3, -0.25) is 28.8 Å². The number of benzene rings is 4. The van der Waals surface area contributed by atoms with Gasteiger partial charge in [-0.2, -0.15) is 0 Å². The highest BCUT2D eigenvalue weighted by molar-refractivity contribution is 6.32. The number of fused-ring (bicyclic) bond motifs is 4. The van der Waals surface area contributed by atoms with Gasteiger partial charge in [0.15, 0.2) is 23.1 Å². The molecule has 0 heterocycles. The van der Waals surface area contributed by atoms with Crippen molar-refractivity contribution in [1.82, 2.24) is 0 Å². The van der Waals surface area contributed by atoms with Crippen molar-refractivity contribution in [3.8, 4) is 0 Å². The van der Waals surface area contributed by atoms with Gasteiger partial charge in [-0.15, -0.1) is 0 Å². The number of carbonyl (C=O) groups excluding carboxylic acids is 6. The lowest BCUT2D eigenvalue weighted by molar-refractivity contribution is -0.123. The molecule has 41 heavy (non-hydrogen) atoms. The number of rotatable bonds is 4. The molecule has 0 aliphatic heterocycles. The Kier molecular flexibility index (Phi) is 6.03. The van der Waals surface area contributed by atoms with Gasteiger partial charge in [-0.1, -0.05) is 60.7 Å². The standard InChI is InChI=1S/C33H22N2O6/c1-16-11-13-22-26(32(40)20-9-5-3-7-18(20)30(22)38)28(16)34-24(36)15-25(37)35-29-17(2)12-14-23-27(29)33(41)21-10-6-4-8-19(21)31(23)39/h3-14H,15H2,1-2H3,(H,34,36)(H,35,37). The lowest BCUT2D eigenvalue weighted by Gasteiger charge is -2.22. The highest BCUT2D eigenvalue weighted by Crippen LogP contribution is 2.35. The molecule has 0 saturated carbocycles. The highest BCUT2D eigenvalue weighted by Gasteiger charge is 2.34. The van der Waals surface area contributed by atoms with Crippen molar-refractivity contribution in [2.75, 3.05) is 10.6 Å². The van der Waals surface area contributed by atoms with Gasteiger partial charge < -0.3 is 10.6 Å². The third kappa shape index (κ3) is 4.08. The summed E-state index contributed by atoms with van der Waals surface area (Å²) in [6.07, 6.45) is -0.635. The summed E-state index contributed by atoms with van der Waals surface area (Å²) in [4.78, 5) is 79.0. The lowest BCUT2D eigenvalue weighted by atomic mass is 9.82. The summed E-state index contributed by atoms with van der Waals surface area (Å²) in [5, 5.41) is 5.30. The van der Waals surface area contributed by atoms with Gasteiger partial charge in [0.05, 0.1) is 22.5 Å². The molecule has 4 aromatic carbocycles. The average molecular weight is 543 g/mol. The molecule has 8 nitrogen and oxygen atoms in total. The quantitative estimate of drug-likeness (QED) is 0.308. The van der Waals surface area contributed by atoms with E-state index in [0.29, 0.717) is 22.3 Å². The van der Waals surface area contributed by atoms with Crippen molar-refractivity contribution in [3.63, 3.8) is 0 Å². The van der Waals surface area contributed by atoms with Gasteiger partial charge in [0.2, 0.25) is 11.8 Å². The zero-order valence-electron chi connectivity index (χ0n) is 22.1. The molecule has 2 amide bonds. The van der Waals surface area contributed by atoms with E-state index >= 15 is 0 Å². The Morgan fingerprint density at radius 3 is 1.20 bits per heavy atom. The van der Waals surface area contributed by atoms with Gasteiger partial charge in [0.1, 0.15) is 6.42 Å². The summed E-state index contributed by atoms with van der Waals surface area (Å²) < 4.78 is 0. The van der Waals surface area contributed by atoms with E-state index in [1.165, 1.54) is 0 Å². The number of anilines is 2. The van der Waals surface area contributed by atoms with E-state index in [1.54, 1.807) is 86.6 Å². The topological polar surface area (TPSA) is 126 Å². The molecule has 0 spiro atoms. The van der Waals surface area contributed by atoms with Crippen molar-refractivity contribution in [2.24, 2.45) is 0 Å². The Bertz CT molecular complexity index is 1770. The molecule has 2 aliphatic rings. The maximum Gasteiger partial charge on any atom is 0.233 e. The highest BCUT2D eigenvalue weighted by atomic mass is 16.2. The molecular formula is C33H22N2O6. The van der Waals surface area contributed by atoms with Crippen molar-refractivity contribution in [1.29, 1.82) is 0 Å². The zero-order valence-corrected chi connectivity index (χ0v) is 22.1. The predicted molar refractivity (Wildman–Crippen MR) is 151 cm³/mol. The first-order valence-electron chi connectivity index (χ1n) is 12.9. The Hall–Kier alpha value is -5.50. The summed E-state index contributed by atoms with van der Waals surface area (Å²) >= 11 is 0. The van der Waals surface area contributed by atoms with Gasteiger partial charge in [0.25, 0.3) is 0 Å². The normalized spacial score (nSPS) is 13.1. The molecule has 0 saturated heterocycles. The van der Waals surface area contributed by atoms with Crippen LogP contribution in [-0.4, -0.2) is 34.9 Å². The van der Waals surface area contributed by atoms with Crippen LogP contribution >= 0.6 is 0 Å². The first kappa shape index (κ1) is 25.8. The number of carbonyl (C=O) groups is 6. The summed E-state index contributed by atoms with van der Waals surface area (Å²) in [7, 11) is 0. The Morgan fingerprint density at radius 2 is 0.829 bits per heavy atom. The fourth-order valence-electron chi connectivity index (χ4n) is 5.42. The molecule has 0 fully saturated rings. The third-order valence-corrected chi connectivity index (χ3v) is 7.45. The fourth-order valence-corrected chi connectivity index (χ4v) is 5.42. The molecule has 8 heteroatoms. The smallest absolute Gasteiger partial charge is 0.233 e. The van der Waals surface area contributed by atoms with Gasteiger partial charge in [-0.25, -0.2) is 0 Å². The van der Waals surface area contributed by atoms with E-state index in [-0.39, 0.29) is 56.3 Å². The second-order valence-electron chi connectivity index (χ2n) is 10.0. The maximum absolute atomic E-state index is 13.3. The molecule has 0 aromatic heterocycles. The van der Waals surface area contributed by atoms with E-state index in [1.807, 2.05) is 0 Å². The minimum atomic E-state index is -0.715. The summed E-state index contributed by atoms with van der Waals surface area (Å²) in [6, 6.07) is 19.4. The van der Waals surface area contributed by atoms with E-state index in [9.17, 15) is 28.8 Å². The molecule has 4 aromatic rings. The molecule has 0 bridgehead atoms. The Morgan fingerprint density at radius 1 is 0.488 bits per heavy atom. The van der Waals surface area contributed by atoms with Gasteiger partial charge in [0, 0.05) is 33.4 Å². The maximum atomic E-state index is 13.3. The summed E-state index contributed by atoms with van der Waals surface area (Å²) in [6.45, 7) is 3.38. The SMILES string of the molecule is Cc1ccc2c(c1NC(=O)CC(=O)Nc1c(C)ccc3c1C(=O)c1ccccc1C3=O)C(=O)c1ccccc1C2=O. The van der Waals surface area contributed by atoms with Gasteiger partial charge in [-0.05, 0) is 37.1 Å². The second-order valence-corrected chi connectivity index (χ2v) is 10.0. The predicted octanol–water partition coefficient (Wildman–Crippen LogP) is 4.82. The summed E-state index contributed by atoms with van der Waals surface area (Å²) in [5.74, 6) is -2.87. The van der Waals surface area contributed by atoms with Crippen LogP contribution in [0.25, 0.3) is 0 Å². The molecule has 2 aliphatic carbocycles. The van der Waals surface area contributed by atoms with Crippen molar-refractivity contribution >= 4 is 46.3 Å². The van der Waals surface area contributed by atoms with Crippen LogP contribution < -0.4 is 10.6 Å². The largest absolute Gasteiger partial charge is 0.325 e. The summed E-state index contributed by atoms with van der Waals surface area (Å²) in [5.41, 5.74) is 3.02. The molecule has 200 valence electrons. The minimum absolute atomic E-state index is 0.0817. The van der Waals surface area contributed by atoms with E-state index in [4.69, 9.17) is 0 Å². The van der Waals surface area contributed by atoms with Crippen molar-refractivity contribution in [3.05, 3.63) is 128 Å². The first-order valence-corrected chi connectivity index (χ1v) is 12.9. The van der Waals surface area contributed by atoms with Crippen LogP contribution in [0.15, 0.2) is 72.8 Å². The number of hydrogen-bond acceptors (Lipinski definition) is 6. The van der Waals surface area contributed by atoms with Crippen LogP contribution in [0.1, 0.15) is 81.2 Å². The van der Waals surface area contributed by atoms with Crippen LogP contribution in [0.3, 0.4) is 0 Å². The van der Waals surface area contributed by atoms with Crippen LogP contribution in [0.2, 0.25) is 0 Å². The van der Waals surface area contributed by atoms with E-state index in [0.717, 1.165) is 0 Å². The number of nitrogens with one attached hydrogen (secondary N) is 2. The molecular weight excluding hydrogens is 520 g/mol. The van der Waals surface area contributed by atoms with Crippen molar-refractivity contribution in [2.45, 2.75) is 20.3 Å². The van der Waals surface area contributed by atoms with Gasteiger partial charge >= 0.3 is 0 Å². The molecule has 0 unspecified atom stereocenters. The number of aryl methyl sites for hydroxylation is 2. The molecule has 0 radical (unpaired) electrons. The van der Waals surface area contributed by atoms with Crippen LogP contribution in [-0.2, 0) is 9.59 Å². The van der Waals surface area contributed by atoms with Crippen LogP contribution in [0.4, 0.5) is 11.4 Å². The van der Waals surface area contributed by atoms with E-state index < -0.39 is 29.8 Å². The fraction of sp³-hybridized carbons (Fsp3) is 0.0909. The first-order chi connectivity index (χ1) is 19.7. The number of ketones is 4. The average Bonchev–Trinajstić information content (AvgIpc) is 2.96. The second kappa shape index (κ2) is 9.60. The minimum Gasteiger partial charge on any atom is -0.325 e. The van der Waals surface area contributed by atoms with E-state index in [2.05, 4.69) is 10.6 Å².